The fraction of sp³-hybridized carbons (Fsp3) is 1.00. The van der Waals surface area contributed by atoms with Crippen LogP contribution in [0.5, 0.6) is 0 Å². The summed E-state index contributed by atoms with van der Waals surface area (Å²) in [6, 6.07) is 2.26. The Labute approximate surface area is 158 Å². The van der Waals surface area contributed by atoms with Crippen LogP contribution in [0.4, 0.5) is 0 Å². The molecule has 1 radical (unpaired) electrons. The largest absolute Gasteiger partial charge is 0.444 e. The van der Waals surface area contributed by atoms with E-state index in [2.05, 4.69) is 20.4 Å². The maximum atomic E-state index is 6.71. The van der Waals surface area contributed by atoms with Gasteiger partial charge >= 0.3 is 0 Å². The Morgan fingerprint density at radius 2 is 1.26 bits per heavy atom. The second-order valence-electron chi connectivity index (χ2n) is 6.91. The zero-order chi connectivity index (χ0) is 17.4. The van der Waals surface area contributed by atoms with Gasteiger partial charge in [0, 0.05) is 5.50 Å². The fourth-order valence-electron chi connectivity index (χ4n) is 2.82. The molecule has 0 aromatic carbocycles. The van der Waals surface area contributed by atoms with Gasteiger partial charge in [0.15, 0.2) is 0 Å². The van der Waals surface area contributed by atoms with Crippen LogP contribution in [-0.4, -0.2) is 22.2 Å². The zero-order valence-corrected chi connectivity index (χ0v) is 19.3. The van der Waals surface area contributed by atoms with Crippen molar-refractivity contribution in [2.75, 3.05) is 5.50 Å². The van der Waals surface area contributed by atoms with E-state index in [1.807, 2.05) is 0 Å². The molecule has 23 heavy (non-hydrogen) atoms. The van der Waals surface area contributed by atoms with Gasteiger partial charge in [-0.25, -0.2) is 0 Å². The van der Waals surface area contributed by atoms with Crippen molar-refractivity contribution < 1.29 is 4.12 Å². The van der Waals surface area contributed by atoms with Crippen molar-refractivity contribution in [2.45, 2.75) is 110 Å². The van der Waals surface area contributed by atoms with Crippen LogP contribution >= 0.6 is 22.7 Å². The average molecular weight is 399 g/mol. The van der Waals surface area contributed by atoms with Crippen molar-refractivity contribution in [2.24, 2.45) is 0 Å². The first-order valence-corrected chi connectivity index (χ1v) is 15.8. The second-order valence-corrected chi connectivity index (χ2v) is 15.5. The Kier molecular flexibility index (Phi) is 17.1. The lowest BCUT2D eigenvalue weighted by molar-refractivity contribution is 0.551. The summed E-state index contributed by atoms with van der Waals surface area (Å²) in [5, 5.41) is 0. The van der Waals surface area contributed by atoms with E-state index in [4.69, 9.17) is 26.8 Å². The Bertz CT molecular complexity index is 253. The summed E-state index contributed by atoms with van der Waals surface area (Å²) in [7, 11) is -2.89. The van der Waals surface area contributed by atoms with Gasteiger partial charge in [-0.2, -0.15) is 0 Å². The molecule has 0 bridgehead atoms. The summed E-state index contributed by atoms with van der Waals surface area (Å²) in [4.78, 5) is 0. The van der Waals surface area contributed by atoms with E-state index in [1.54, 1.807) is 0 Å². The van der Waals surface area contributed by atoms with E-state index in [0.717, 1.165) is 6.04 Å². The van der Waals surface area contributed by atoms with E-state index in [9.17, 15) is 0 Å². The molecule has 0 saturated heterocycles. The Hall–Kier alpha value is 0.974. The van der Waals surface area contributed by atoms with Gasteiger partial charge in [0.2, 0.25) is 9.04 Å². The number of alkyl halides is 1. The normalized spacial score (nSPS) is 14.3. The van der Waals surface area contributed by atoms with Gasteiger partial charge in [-0.15, -0.1) is 22.7 Å². The summed E-state index contributed by atoms with van der Waals surface area (Å²) in [5.41, 5.74) is 0.686. The van der Waals surface area contributed by atoms with Crippen LogP contribution < -0.4 is 0 Å². The summed E-state index contributed by atoms with van der Waals surface area (Å²) in [6.45, 7) is 6.69. The molecule has 0 aromatic rings. The maximum Gasteiger partial charge on any atom is 0.277 e. The molecule has 0 N–H and O–H groups in total. The Balaban J connectivity index is 3.76. The predicted octanol–water partition coefficient (Wildman–Crippen LogP) is 7.80. The fourth-order valence-corrected chi connectivity index (χ4v) is 10.2. The lowest BCUT2D eigenvalue weighted by atomic mass is 10.1. The number of hydrogen-bond acceptors (Lipinski definition) is 1. The maximum absolute atomic E-state index is 6.71. The highest BCUT2D eigenvalue weighted by Gasteiger charge is 2.29. The van der Waals surface area contributed by atoms with E-state index < -0.39 is 16.7 Å². The lowest BCUT2D eigenvalue weighted by Gasteiger charge is -2.25. The number of unbranched alkanes of at least 4 members (excludes halogenated alkanes) is 10. The molecule has 0 amide bonds. The quantitative estimate of drug-likeness (QED) is 0.105. The third-order valence-electron chi connectivity index (χ3n) is 4.29. The minimum absolute atomic E-state index is 0.686. The summed E-state index contributed by atoms with van der Waals surface area (Å²) in [5.74, 6) is 0. The molecule has 0 spiro atoms. The third kappa shape index (κ3) is 16.2. The van der Waals surface area contributed by atoms with Crippen molar-refractivity contribution >= 4 is 39.3 Å². The number of hydrogen-bond donors (Lipinski definition) is 0. The van der Waals surface area contributed by atoms with Crippen LogP contribution in [-0.2, 0) is 4.12 Å². The Morgan fingerprint density at radius 3 is 1.78 bits per heavy atom. The zero-order valence-electron chi connectivity index (χ0n) is 15.8. The monoisotopic (exact) mass is 397 g/mol. The van der Waals surface area contributed by atoms with Crippen LogP contribution in [0.15, 0.2) is 0 Å². The molecule has 1 nitrogen and oxygen atoms in total. The van der Waals surface area contributed by atoms with Crippen molar-refractivity contribution in [3.63, 3.8) is 0 Å². The van der Waals surface area contributed by atoms with Gasteiger partial charge in [0.1, 0.15) is 0 Å². The smallest absolute Gasteiger partial charge is 0.277 e. The van der Waals surface area contributed by atoms with Gasteiger partial charge in [0.25, 0.3) is 7.63 Å². The van der Waals surface area contributed by atoms with E-state index in [0.29, 0.717) is 5.50 Å². The third-order valence-corrected chi connectivity index (χ3v) is 11.8. The molecule has 0 saturated carbocycles. The second kappa shape index (κ2) is 16.4. The van der Waals surface area contributed by atoms with Gasteiger partial charge < -0.3 is 4.12 Å². The summed E-state index contributed by atoms with van der Waals surface area (Å²) in [6.07, 6.45) is 15.9. The average Bonchev–Trinajstić information content (AvgIpc) is 2.52. The molecular weight excluding hydrogens is 359 g/mol. The van der Waals surface area contributed by atoms with Gasteiger partial charge in [0.05, 0.1) is 0 Å². The molecule has 0 aromatic heterocycles. The summed E-state index contributed by atoms with van der Waals surface area (Å²) < 4.78 is 6.32. The topological polar surface area (TPSA) is 9.23 Å². The van der Waals surface area contributed by atoms with Crippen molar-refractivity contribution in [1.82, 2.24) is 0 Å². The number of halogens is 2. The molecule has 0 rings (SSSR count). The Morgan fingerprint density at radius 1 is 0.783 bits per heavy atom. The van der Waals surface area contributed by atoms with Crippen LogP contribution in [0.1, 0.15) is 90.9 Å². The first-order chi connectivity index (χ1) is 11.1. The SMILES string of the molecule is CCCCCCCC[Si](CCl)O[Si](C)(Cl)CCCCCCCC. The standard InChI is InChI=1S/C18H39Cl2OSi2/c1-4-6-8-10-12-14-16-22(18-19)21-23(3,20)17-15-13-11-9-7-5-2/h4-18H2,1-3H3. The minimum atomic E-state index is -2.00. The van der Waals surface area contributed by atoms with Gasteiger partial charge in [-0.3, -0.25) is 0 Å². The van der Waals surface area contributed by atoms with Crippen LogP contribution in [0, 0.1) is 0 Å². The van der Waals surface area contributed by atoms with Crippen LogP contribution in [0.25, 0.3) is 0 Å². The minimum Gasteiger partial charge on any atom is -0.444 e. The van der Waals surface area contributed by atoms with Gasteiger partial charge in [-0.1, -0.05) is 90.9 Å². The lowest BCUT2D eigenvalue weighted by Crippen LogP contribution is -2.37. The first kappa shape index (κ1) is 24.0. The highest BCUT2D eigenvalue weighted by molar-refractivity contribution is 7.17. The molecule has 5 heteroatoms. The molecule has 0 aliphatic carbocycles. The molecule has 0 aliphatic rings. The molecule has 1 unspecified atom stereocenters. The van der Waals surface area contributed by atoms with Crippen LogP contribution in [0.3, 0.4) is 0 Å². The van der Waals surface area contributed by atoms with Gasteiger partial charge in [-0.05, 0) is 18.6 Å². The van der Waals surface area contributed by atoms with Crippen LogP contribution in [0.2, 0.25) is 18.6 Å². The molecule has 0 aliphatic heterocycles. The van der Waals surface area contributed by atoms with Crippen molar-refractivity contribution in [1.29, 1.82) is 0 Å². The molecule has 1 atom stereocenters. The highest BCUT2D eigenvalue weighted by Crippen LogP contribution is 2.24. The highest BCUT2D eigenvalue weighted by atomic mass is 35.6. The molecule has 0 heterocycles. The molecule has 0 fully saturated rings. The predicted molar refractivity (Wildman–Crippen MR) is 111 cm³/mol. The first-order valence-electron chi connectivity index (χ1n) is 9.84. The number of rotatable bonds is 17. The van der Waals surface area contributed by atoms with Crippen molar-refractivity contribution in [3.8, 4) is 0 Å². The van der Waals surface area contributed by atoms with E-state index in [-0.39, 0.29) is 0 Å². The molecule has 139 valence electrons. The molecular formula is C18H39Cl2OSi2. The van der Waals surface area contributed by atoms with E-state index in [1.165, 1.54) is 83.1 Å². The van der Waals surface area contributed by atoms with E-state index >= 15 is 0 Å². The summed E-state index contributed by atoms with van der Waals surface area (Å²) >= 11 is 12.9. The van der Waals surface area contributed by atoms with Crippen molar-refractivity contribution in [3.05, 3.63) is 0 Å².